The number of carboxylic acid groups (broad SMARTS) is 3. The summed E-state index contributed by atoms with van der Waals surface area (Å²) in [5.74, 6) is -4.61. The lowest BCUT2D eigenvalue weighted by Gasteiger charge is -2.15. The molecule has 6 N–H and O–H groups in total. The van der Waals surface area contributed by atoms with Gasteiger partial charge in [-0.1, -0.05) is 77.0 Å². The van der Waals surface area contributed by atoms with E-state index in [-0.39, 0.29) is 89.1 Å². The van der Waals surface area contributed by atoms with Crippen molar-refractivity contribution in [2.45, 2.75) is 147 Å². The van der Waals surface area contributed by atoms with Crippen molar-refractivity contribution in [3.05, 3.63) is 0 Å². The van der Waals surface area contributed by atoms with Crippen LogP contribution in [0.15, 0.2) is 0 Å². The maximum Gasteiger partial charge on any atom is 0.326 e. The Bertz CT molecular complexity index is 1010. The van der Waals surface area contributed by atoms with Crippen molar-refractivity contribution in [2.24, 2.45) is 0 Å². The predicted molar refractivity (Wildman–Crippen MR) is 184 cm³/mol. The fraction of sp³-hybridized carbons (Fsp3) is 0.800. The molecule has 50 heavy (non-hydrogen) atoms. The summed E-state index contributed by atoms with van der Waals surface area (Å²) in [6.07, 6.45) is 15.1. The van der Waals surface area contributed by atoms with Gasteiger partial charge in [0.1, 0.15) is 12.6 Å². The number of aliphatic carboxylic acids is 3. The first-order valence-electron chi connectivity index (χ1n) is 18.1. The first kappa shape index (κ1) is 46.4. The van der Waals surface area contributed by atoms with Crippen LogP contribution in [0.2, 0.25) is 0 Å². The van der Waals surface area contributed by atoms with Crippen molar-refractivity contribution in [1.82, 2.24) is 16.0 Å². The van der Waals surface area contributed by atoms with Gasteiger partial charge in [-0.05, 0) is 32.6 Å². The Balaban J connectivity index is 3.80. The molecule has 0 aromatic rings. The molecule has 0 aromatic heterocycles. The second kappa shape index (κ2) is 31.4. The summed E-state index contributed by atoms with van der Waals surface area (Å²) in [6, 6.07) is -2.05. The van der Waals surface area contributed by atoms with E-state index >= 15 is 0 Å². The lowest BCUT2D eigenvalue weighted by molar-refractivity contribution is -0.142. The quantitative estimate of drug-likeness (QED) is 0.0515. The van der Waals surface area contributed by atoms with E-state index in [9.17, 15) is 38.7 Å². The average Bonchev–Trinajstić information content (AvgIpc) is 3.05. The number of amides is 3. The topological polar surface area (TPSA) is 235 Å². The molecule has 0 saturated heterocycles. The van der Waals surface area contributed by atoms with E-state index in [4.69, 9.17) is 19.7 Å². The zero-order valence-corrected chi connectivity index (χ0v) is 29.8. The van der Waals surface area contributed by atoms with E-state index in [2.05, 4.69) is 16.0 Å². The smallest absolute Gasteiger partial charge is 0.326 e. The molecule has 0 spiro atoms. The molecular formula is C35H61N3O12. The Morgan fingerprint density at radius 1 is 0.500 bits per heavy atom. The molecule has 0 fully saturated rings. The van der Waals surface area contributed by atoms with Gasteiger partial charge in [0, 0.05) is 32.2 Å². The molecule has 0 saturated carbocycles. The number of Topliss-reactive ketones (excluding diaryl/α,β-unsaturated/α-hetero) is 1. The van der Waals surface area contributed by atoms with Crippen molar-refractivity contribution in [3.63, 3.8) is 0 Å². The highest BCUT2D eigenvalue weighted by Crippen LogP contribution is 2.14. The fourth-order valence-electron chi connectivity index (χ4n) is 5.10. The molecule has 15 heteroatoms. The van der Waals surface area contributed by atoms with Gasteiger partial charge in [-0.3, -0.25) is 28.8 Å². The van der Waals surface area contributed by atoms with E-state index in [1.165, 1.54) is 45.4 Å². The molecule has 2 atom stereocenters. The van der Waals surface area contributed by atoms with Gasteiger partial charge in [-0.2, -0.15) is 0 Å². The molecular weight excluding hydrogens is 654 g/mol. The largest absolute Gasteiger partial charge is 0.481 e. The normalized spacial score (nSPS) is 12.1. The third-order valence-electron chi connectivity index (χ3n) is 7.98. The maximum atomic E-state index is 12.3. The van der Waals surface area contributed by atoms with Crippen LogP contribution in [0.4, 0.5) is 0 Å². The average molecular weight is 716 g/mol. The summed E-state index contributed by atoms with van der Waals surface area (Å²) in [6.45, 7) is 1.46. The third-order valence-corrected chi connectivity index (χ3v) is 7.98. The van der Waals surface area contributed by atoms with Crippen LogP contribution in [0.25, 0.3) is 0 Å². The number of nitrogens with one attached hydrogen (secondary N) is 3. The summed E-state index contributed by atoms with van der Waals surface area (Å²) >= 11 is 0. The van der Waals surface area contributed by atoms with Gasteiger partial charge < -0.3 is 40.7 Å². The van der Waals surface area contributed by atoms with Crippen LogP contribution in [-0.2, 0) is 43.0 Å². The third kappa shape index (κ3) is 30.5. The minimum atomic E-state index is -1.20. The summed E-state index contributed by atoms with van der Waals surface area (Å²) in [7, 11) is 0. The molecule has 3 amide bonds. The van der Waals surface area contributed by atoms with Gasteiger partial charge >= 0.3 is 17.9 Å². The van der Waals surface area contributed by atoms with Crippen molar-refractivity contribution in [1.29, 1.82) is 0 Å². The molecule has 0 heterocycles. The fourth-order valence-corrected chi connectivity index (χ4v) is 5.10. The number of carbonyl (C=O) groups is 7. The van der Waals surface area contributed by atoms with Crippen LogP contribution >= 0.6 is 0 Å². The Morgan fingerprint density at radius 3 is 1.46 bits per heavy atom. The van der Waals surface area contributed by atoms with Gasteiger partial charge in [0.25, 0.3) is 0 Å². The number of rotatable bonds is 35. The van der Waals surface area contributed by atoms with Crippen LogP contribution in [-0.4, -0.2) is 102 Å². The molecule has 0 aliphatic rings. The van der Waals surface area contributed by atoms with Crippen LogP contribution < -0.4 is 16.0 Å². The molecule has 2 unspecified atom stereocenters. The van der Waals surface area contributed by atoms with Crippen LogP contribution in [0.5, 0.6) is 0 Å². The van der Waals surface area contributed by atoms with Gasteiger partial charge in [0.15, 0.2) is 5.78 Å². The van der Waals surface area contributed by atoms with E-state index in [0.717, 1.165) is 44.9 Å². The standard InChI is InChI=1S/C35H61N3O12/c1-27(39)28(19-21-34(45)46)37-32(42)26-50-25-24-49-23-22-36-30(40)20-18-29(35(47)48)38-31(41)16-14-12-10-8-6-4-2-3-5-7-9-11-13-15-17-33(43)44/h28-29H,2-26H2,1H3,(H,36,40)(H,37,42)(H,38,41)(H,43,44)(H,45,46)(H,47,48). The molecule has 0 aromatic carbocycles. The monoisotopic (exact) mass is 715 g/mol. The molecule has 15 nitrogen and oxygen atoms in total. The van der Waals surface area contributed by atoms with E-state index in [1.54, 1.807) is 0 Å². The Hall–Kier alpha value is -3.59. The first-order valence-corrected chi connectivity index (χ1v) is 18.1. The van der Waals surface area contributed by atoms with Crippen LogP contribution in [0.1, 0.15) is 135 Å². The molecule has 0 bridgehead atoms. The predicted octanol–water partition coefficient (Wildman–Crippen LogP) is 3.75. The minimum Gasteiger partial charge on any atom is -0.481 e. The lowest BCUT2D eigenvalue weighted by atomic mass is 10.0. The second-order valence-corrected chi connectivity index (χ2v) is 12.5. The Kier molecular flexibility index (Phi) is 29.1. The number of hydrogen-bond acceptors (Lipinski definition) is 9. The van der Waals surface area contributed by atoms with E-state index in [1.807, 2.05) is 0 Å². The van der Waals surface area contributed by atoms with Crippen LogP contribution in [0, 0.1) is 0 Å². The van der Waals surface area contributed by atoms with Crippen molar-refractivity contribution in [3.8, 4) is 0 Å². The highest BCUT2D eigenvalue weighted by Gasteiger charge is 2.21. The van der Waals surface area contributed by atoms with E-state index in [0.29, 0.717) is 6.42 Å². The molecule has 0 radical (unpaired) electrons. The number of hydrogen-bond donors (Lipinski definition) is 6. The number of ether oxygens (including phenoxy) is 2. The van der Waals surface area contributed by atoms with Crippen molar-refractivity contribution in [2.75, 3.05) is 33.0 Å². The molecule has 0 rings (SSSR count). The highest BCUT2D eigenvalue weighted by atomic mass is 16.5. The Morgan fingerprint density at radius 2 is 0.960 bits per heavy atom. The van der Waals surface area contributed by atoms with Crippen LogP contribution in [0.3, 0.4) is 0 Å². The van der Waals surface area contributed by atoms with Gasteiger partial charge in [-0.15, -0.1) is 0 Å². The minimum absolute atomic E-state index is 0.0110. The Labute approximate surface area is 296 Å². The summed E-state index contributed by atoms with van der Waals surface area (Å²) in [4.78, 5) is 80.6. The molecule has 288 valence electrons. The summed E-state index contributed by atoms with van der Waals surface area (Å²) < 4.78 is 10.5. The maximum absolute atomic E-state index is 12.3. The van der Waals surface area contributed by atoms with Crippen molar-refractivity contribution >= 4 is 41.4 Å². The van der Waals surface area contributed by atoms with Gasteiger partial charge in [-0.25, -0.2) is 4.79 Å². The lowest BCUT2D eigenvalue weighted by Crippen LogP contribution is -2.42. The number of carbonyl (C=O) groups excluding carboxylic acids is 4. The van der Waals surface area contributed by atoms with Gasteiger partial charge in [0.05, 0.1) is 25.9 Å². The first-order chi connectivity index (χ1) is 23.9. The number of carboxylic acids is 3. The number of unbranched alkanes of at least 4 members (excludes halogenated alkanes) is 13. The second-order valence-electron chi connectivity index (χ2n) is 12.5. The zero-order valence-electron chi connectivity index (χ0n) is 29.8. The zero-order chi connectivity index (χ0) is 37.4. The highest BCUT2D eigenvalue weighted by molar-refractivity contribution is 5.88. The van der Waals surface area contributed by atoms with Gasteiger partial charge in [0.2, 0.25) is 17.7 Å². The summed E-state index contributed by atoms with van der Waals surface area (Å²) in [5, 5.41) is 34.4. The van der Waals surface area contributed by atoms with Crippen molar-refractivity contribution < 1.29 is 58.4 Å². The van der Waals surface area contributed by atoms with E-state index < -0.39 is 35.9 Å². The molecule has 0 aliphatic heterocycles. The SMILES string of the molecule is CC(=O)C(CCC(=O)O)NC(=O)COCCOCCNC(=O)CCC(NC(=O)CCCCCCCCCCCCCCCCC(=O)O)C(=O)O. The molecule has 0 aliphatic carbocycles. The summed E-state index contributed by atoms with van der Waals surface area (Å²) in [5.41, 5.74) is 0. The number of ketones is 1.